The summed E-state index contributed by atoms with van der Waals surface area (Å²) in [6.07, 6.45) is -2.65. The largest absolute Gasteiger partial charge is 0.416 e. The summed E-state index contributed by atoms with van der Waals surface area (Å²) in [4.78, 5) is 0. The van der Waals surface area contributed by atoms with Crippen LogP contribution in [0.4, 0.5) is 13.2 Å². The molecule has 0 radical (unpaired) electrons. The van der Waals surface area contributed by atoms with Crippen molar-refractivity contribution in [3.8, 4) is 0 Å². The van der Waals surface area contributed by atoms with Crippen molar-refractivity contribution in [3.05, 3.63) is 58.6 Å². The number of aliphatic hydroxyl groups excluding tert-OH is 1. The highest BCUT2D eigenvalue weighted by Gasteiger charge is 2.31. The van der Waals surface area contributed by atoms with Gasteiger partial charge >= 0.3 is 6.18 Å². The SMILES string of the molecule is CCCCNCCC(O)c1c2ccccc2c(Cl)c2cc(C(F)(F)F)ccc12. The van der Waals surface area contributed by atoms with Crippen LogP contribution in [0.2, 0.25) is 5.02 Å². The summed E-state index contributed by atoms with van der Waals surface area (Å²) in [5.41, 5.74) is -0.125. The van der Waals surface area contributed by atoms with E-state index in [4.69, 9.17) is 11.6 Å². The molecule has 6 heteroatoms. The van der Waals surface area contributed by atoms with E-state index >= 15 is 0 Å². The molecule has 0 spiro atoms. The van der Waals surface area contributed by atoms with Gasteiger partial charge in [0.05, 0.1) is 16.7 Å². The van der Waals surface area contributed by atoms with Crippen LogP contribution in [0.15, 0.2) is 42.5 Å². The maximum Gasteiger partial charge on any atom is 0.416 e. The van der Waals surface area contributed by atoms with E-state index in [2.05, 4.69) is 12.2 Å². The highest BCUT2D eigenvalue weighted by molar-refractivity contribution is 6.41. The van der Waals surface area contributed by atoms with E-state index in [-0.39, 0.29) is 5.02 Å². The molecule has 0 aliphatic rings. The van der Waals surface area contributed by atoms with Gasteiger partial charge in [-0.25, -0.2) is 0 Å². The van der Waals surface area contributed by atoms with E-state index in [9.17, 15) is 18.3 Å². The highest BCUT2D eigenvalue weighted by atomic mass is 35.5. The fraction of sp³-hybridized carbons (Fsp3) is 0.364. The van der Waals surface area contributed by atoms with Gasteiger partial charge < -0.3 is 10.4 Å². The molecule has 0 amide bonds. The van der Waals surface area contributed by atoms with Crippen LogP contribution in [0, 0.1) is 0 Å². The monoisotopic (exact) mass is 409 g/mol. The van der Waals surface area contributed by atoms with Crippen molar-refractivity contribution >= 4 is 33.1 Å². The number of benzene rings is 3. The summed E-state index contributed by atoms with van der Waals surface area (Å²) in [6, 6.07) is 10.8. The average Bonchev–Trinajstić information content (AvgIpc) is 2.67. The maximum absolute atomic E-state index is 13.2. The Balaban J connectivity index is 2.09. The van der Waals surface area contributed by atoms with E-state index in [0.717, 1.165) is 36.9 Å². The number of hydrogen-bond donors (Lipinski definition) is 2. The van der Waals surface area contributed by atoms with Crippen LogP contribution < -0.4 is 5.32 Å². The first-order valence-corrected chi connectivity index (χ1v) is 9.82. The number of alkyl halides is 3. The summed E-state index contributed by atoms with van der Waals surface area (Å²) in [7, 11) is 0. The molecular formula is C22H23ClF3NO. The number of fused-ring (bicyclic) bond motifs is 2. The Labute approximate surface area is 167 Å². The zero-order valence-electron chi connectivity index (χ0n) is 15.6. The lowest BCUT2D eigenvalue weighted by atomic mass is 9.91. The number of rotatable bonds is 7. The number of hydrogen-bond acceptors (Lipinski definition) is 2. The molecule has 0 aliphatic heterocycles. The van der Waals surface area contributed by atoms with Crippen molar-refractivity contribution < 1.29 is 18.3 Å². The lowest BCUT2D eigenvalue weighted by Gasteiger charge is -2.19. The maximum atomic E-state index is 13.2. The van der Waals surface area contributed by atoms with Crippen LogP contribution in [-0.2, 0) is 6.18 Å². The Hall–Kier alpha value is -1.82. The zero-order chi connectivity index (χ0) is 20.3. The summed E-state index contributed by atoms with van der Waals surface area (Å²) in [5.74, 6) is 0. The minimum Gasteiger partial charge on any atom is -0.388 e. The van der Waals surface area contributed by atoms with Gasteiger partial charge in [0, 0.05) is 10.8 Å². The second-order valence-corrected chi connectivity index (χ2v) is 7.32. The third-order valence-electron chi connectivity index (χ3n) is 4.96. The second-order valence-electron chi connectivity index (χ2n) is 6.94. The van der Waals surface area contributed by atoms with Crippen molar-refractivity contribution in [2.45, 2.75) is 38.5 Å². The number of halogens is 4. The quantitative estimate of drug-likeness (QED) is 0.346. The Bertz CT molecular complexity index is 971. The fourth-order valence-electron chi connectivity index (χ4n) is 3.51. The van der Waals surface area contributed by atoms with Crippen LogP contribution in [0.25, 0.3) is 21.5 Å². The molecule has 150 valence electrons. The van der Waals surface area contributed by atoms with Gasteiger partial charge in [-0.2, -0.15) is 13.2 Å². The van der Waals surface area contributed by atoms with E-state index in [1.165, 1.54) is 6.07 Å². The molecule has 0 aliphatic carbocycles. The van der Waals surface area contributed by atoms with Crippen molar-refractivity contribution in [1.82, 2.24) is 5.32 Å². The van der Waals surface area contributed by atoms with E-state index in [1.807, 2.05) is 12.1 Å². The Morgan fingerprint density at radius 3 is 2.36 bits per heavy atom. The van der Waals surface area contributed by atoms with Crippen LogP contribution in [0.5, 0.6) is 0 Å². The molecule has 3 aromatic carbocycles. The molecule has 1 atom stereocenters. The van der Waals surface area contributed by atoms with Crippen molar-refractivity contribution in [2.24, 2.45) is 0 Å². The fourth-order valence-corrected chi connectivity index (χ4v) is 3.83. The molecule has 0 saturated carbocycles. The van der Waals surface area contributed by atoms with Gasteiger partial charge in [-0.05, 0) is 54.4 Å². The van der Waals surface area contributed by atoms with Gasteiger partial charge in [-0.1, -0.05) is 55.3 Å². The van der Waals surface area contributed by atoms with Crippen LogP contribution >= 0.6 is 11.6 Å². The predicted molar refractivity (Wildman–Crippen MR) is 109 cm³/mol. The van der Waals surface area contributed by atoms with Gasteiger partial charge in [-0.15, -0.1) is 0 Å². The third-order valence-corrected chi connectivity index (χ3v) is 5.37. The smallest absolute Gasteiger partial charge is 0.388 e. The number of aliphatic hydroxyl groups is 1. The zero-order valence-corrected chi connectivity index (χ0v) is 16.4. The number of unbranched alkanes of at least 4 members (excludes halogenated alkanes) is 1. The Morgan fingerprint density at radius 1 is 1.00 bits per heavy atom. The molecule has 2 nitrogen and oxygen atoms in total. The van der Waals surface area contributed by atoms with E-state index < -0.39 is 17.8 Å². The summed E-state index contributed by atoms with van der Waals surface area (Å²) < 4.78 is 39.6. The average molecular weight is 410 g/mol. The van der Waals surface area contributed by atoms with Crippen molar-refractivity contribution in [3.63, 3.8) is 0 Å². The van der Waals surface area contributed by atoms with Gasteiger partial charge in [0.1, 0.15) is 0 Å². The predicted octanol–water partition coefficient (Wildman–Crippen LogP) is 6.48. The molecule has 0 fully saturated rings. The van der Waals surface area contributed by atoms with Crippen LogP contribution in [-0.4, -0.2) is 18.2 Å². The summed E-state index contributed by atoms with van der Waals surface area (Å²) in [6.45, 7) is 3.61. The van der Waals surface area contributed by atoms with E-state index in [1.54, 1.807) is 12.1 Å². The molecule has 3 rings (SSSR count). The Kier molecular flexibility index (Phi) is 6.48. The minimum absolute atomic E-state index is 0.272. The molecule has 0 saturated heterocycles. The van der Waals surface area contributed by atoms with Gasteiger partial charge in [0.2, 0.25) is 0 Å². The highest BCUT2D eigenvalue weighted by Crippen LogP contribution is 2.42. The first-order chi connectivity index (χ1) is 13.3. The summed E-state index contributed by atoms with van der Waals surface area (Å²) >= 11 is 6.47. The molecule has 0 bridgehead atoms. The third kappa shape index (κ3) is 4.27. The topological polar surface area (TPSA) is 32.3 Å². The molecule has 28 heavy (non-hydrogen) atoms. The molecule has 1 unspecified atom stereocenters. The molecule has 2 N–H and O–H groups in total. The first kappa shape index (κ1) is 20.9. The van der Waals surface area contributed by atoms with Gasteiger partial charge in [-0.3, -0.25) is 0 Å². The minimum atomic E-state index is -4.45. The summed E-state index contributed by atoms with van der Waals surface area (Å²) in [5, 5.41) is 16.7. The molecule has 0 aromatic heterocycles. The molecular weight excluding hydrogens is 387 g/mol. The van der Waals surface area contributed by atoms with Crippen molar-refractivity contribution in [2.75, 3.05) is 13.1 Å². The van der Waals surface area contributed by atoms with Gasteiger partial charge in [0.15, 0.2) is 0 Å². The van der Waals surface area contributed by atoms with Crippen LogP contribution in [0.1, 0.15) is 43.4 Å². The van der Waals surface area contributed by atoms with Gasteiger partial charge in [0.25, 0.3) is 0 Å². The molecule has 3 aromatic rings. The first-order valence-electron chi connectivity index (χ1n) is 9.44. The van der Waals surface area contributed by atoms with Crippen molar-refractivity contribution in [1.29, 1.82) is 0 Å². The normalized spacial score (nSPS) is 13.4. The van der Waals surface area contributed by atoms with Crippen LogP contribution in [0.3, 0.4) is 0 Å². The standard InChI is InChI=1S/C22H23ClF3NO/c1-2-3-11-27-12-10-19(28)20-15-6-4-5-7-17(15)21(23)18-13-14(22(24,25)26)8-9-16(18)20/h4-9,13,19,27-28H,2-3,10-12H2,1H3. The lowest BCUT2D eigenvalue weighted by Crippen LogP contribution is -2.19. The second kappa shape index (κ2) is 8.68. The number of nitrogens with one attached hydrogen (secondary N) is 1. The Morgan fingerprint density at radius 2 is 1.68 bits per heavy atom. The molecule has 0 heterocycles. The lowest BCUT2D eigenvalue weighted by molar-refractivity contribution is -0.137. The van der Waals surface area contributed by atoms with E-state index in [0.29, 0.717) is 34.7 Å².